The van der Waals surface area contributed by atoms with Crippen molar-refractivity contribution in [1.29, 1.82) is 0 Å². The van der Waals surface area contributed by atoms with Gasteiger partial charge in [-0.2, -0.15) is 0 Å². The molecule has 65 heavy (non-hydrogen) atoms. The maximum Gasteiger partial charge on any atom is 0.152 e. The Hall–Kier alpha value is -6.98. The summed E-state index contributed by atoms with van der Waals surface area (Å²) < 4.78 is 6.65. The minimum Gasteiger partial charge on any atom is -0.453 e. The highest BCUT2D eigenvalue weighted by molar-refractivity contribution is 6.16. The Morgan fingerprint density at radius 2 is 1.52 bits per heavy atom. The molecule has 4 aromatic carbocycles. The molecule has 0 N–H and O–H groups in total. The van der Waals surface area contributed by atoms with Gasteiger partial charge in [0.2, 0.25) is 0 Å². The van der Waals surface area contributed by atoms with E-state index < -0.39 is 0 Å². The van der Waals surface area contributed by atoms with E-state index in [-0.39, 0.29) is 0 Å². The molecule has 2 aliphatic heterocycles. The van der Waals surface area contributed by atoms with Gasteiger partial charge in [-0.25, -0.2) is 0 Å². The van der Waals surface area contributed by atoms with Crippen LogP contribution in [0.1, 0.15) is 85.8 Å². The summed E-state index contributed by atoms with van der Waals surface area (Å²) in [6, 6.07) is 34.4. The van der Waals surface area contributed by atoms with Crippen molar-refractivity contribution in [2.45, 2.75) is 81.2 Å². The highest BCUT2D eigenvalue weighted by Gasteiger charge is 2.41. The number of aliphatic imine (C=N–C) groups is 2. The van der Waals surface area contributed by atoms with Gasteiger partial charge < -0.3 is 14.5 Å². The molecule has 0 radical (unpaired) electrons. The third-order valence-electron chi connectivity index (χ3n) is 12.2. The molecule has 4 aliphatic rings. The lowest BCUT2D eigenvalue weighted by atomic mass is 9.73. The molecule has 0 aromatic heterocycles. The lowest BCUT2D eigenvalue weighted by Gasteiger charge is -2.34. The smallest absolute Gasteiger partial charge is 0.152 e. The van der Waals surface area contributed by atoms with Gasteiger partial charge in [0.05, 0.1) is 29.3 Å². The quantitative estimate of drug-likeness (QED) is 0.0875. The number of fused-ring (bicyclic) bond motifs is 5. The molecule has 0 saturated carbocycles. The third-order valence-corrected chi connectivity index (χ3v) is 12.2. The van der Waals surface area contributed by atoms with Crippen LogP contribution in [0.4, 0.5) is 22.7 Å². The van der Waals surface area contributed by atoms with Crippen molar-refractivity contribution in [3.8, 4) is 11.5 Å². The summed E-state index contributed by atoms with van der Waals surface area (Å²) in [6.07, 6.45) is 24.4. The average molecular weight is 859 g/mol. The number of para-hydroxylation sites is 3. The number of hydrogen-bond donors (Lipinski definition) is 0. The number of ether oxygens (including phenoxy) is 1. The van der Waals surface area contributed by atoms with Crippen LogP contribution in [-0.2, 0) is 6.54 Å². The van der Waals surface area contributed by atoms with Crippen molar-refractivity contribution in [2.75, 3.05) is 9.80 Å². The first kappa shape index (κ1) is 47.5. The zero-order valence-corrected chi connectivity index (χ0v) is 39.8. The zero-order chi connectivity index (χ0) is 46.5. The molecule has 2 heterocycles. The summed E-state index contributed by atoms with van der Waals surface area (Å²) in [5.41, 5.74) is 16.4. The van der Waals surface area contributed by atoms with Crippen molar-refractivity contribution in [1.82, 2.24) is 0 Å². The highest BCUT2D eigenvalue weighted by Crippen LogP contribution is 2.53. The largest absolute Gasteiger partial charge is 0.453 e. The molecule has 2 aliphatic carbocycles. The van der Waals surface area contributed by atoms with Crippen LogP contribution in [0.25, 0.3) is 5.57 Å². The van der Waals surface area contributed by atoms with Gasteiger partial charge in [0.25, 0.3) is 0 Å². The molecule has 0 spiro atoms. The number of anilines is 4. The number of allylic oxidation sites excluding steroid dienone is 15. The summed E-state index contributed by atoms with van der Waals surface area (Å²) in [5.74, 6) is 2.44. The standard InChI is InChI=1S/C56H54N4O.2C2H6/c1-8-20-48(57-7)46(12-5)56(40(9-2)10-3)58-37-39-27-31-45(32-28-39)60-51-34-29-42-21-16-17-24-47(42)55(51)38(6)52(60)35-41(11-4)43-30-33-50-54(36-43)61-53-26-19-18-25-49(53)59(50)44-22-14-13-15-23-44;2*1-2/h8-10,12-16,18-23,25-36,47,55H,2,5,7,11,17,24,37H2,1,3-4,6H3;2*1-2H3/b20-8-,40-10+,41-35+,48-46-,58-56?;;. The normalized spacial score (nSPS) is 18.0. The number of hydrogen-bond acceptors (Lipinski definition) is 5. The van der Waals surface area contributed by atoms with Crippen molar-refractivity contribution < 1.29 is 4.74 Å². The Labute approximate surface area is 389 Å². The van der Waals surface area contributed by atoms with Gasteiger partial charge in [-0.1, -0.05) is 139 Å². The van der Waals surface area contributed by atoms with E-state index >= 15 is 0 Å². The maximum atomic E-state index is 6.65. The predicted octanol–water partition coefficient (Wildman–Crippen LogP) is 17.1. The SMILES string of the molecule is C=C/C(C(=NCc1ccc(N2C3=CC=C4C=CCCC4C3C(C)=C2/C=C(\CC)c2ccc3c(c2)Oc2ccccc2N3c2ccccc2)cc1)/C(C=C)=C/C)=C(\C=C/C)N=C.CC.CC. The molecule has 5 nitrogen and oxygen atoms in total. The Balaban J connectivity index is 0.00000170. The van der Waals surface area contributed by atoms with E-state index in [0.29, 0.717) is 18.4 Å². The van der Waals surface area contributed by atoms with Crippen molar-refractivity contribution >= 4 is 40.8 Å². The summed E-state index contributed by atoms with van der Waals surface area (Å²) in [7, 11) is 0. The Kier molecular flexibility index (Phi) is 16.5. The summed E-state index contributed by atoms with van der Waals surface area (Å²) in [5, 5.41) is 0. The van der Waals surface area contributed by atoms with Gasteiger partial charge in [0, 0.05) is 34.3 Å². The van der Waals surface area contributed by atoms with Gasteiger partial charge in [0.15, 0.2) is 11.5 Å². The van der Waals surface area contributed by atoms with E-state index in [1.54, 1.807) is 6.08 Å². The molecule has 0 bridgehead atoms. The topological polar surface area (TPSA) is 40.4 Å². The second-order valence-electron chi connectivity index (χ2n) is 15.6. The van der Waals surface area contributed by atoms with E-state index in [2.05, 4.69) is 170 Å². The van der Waals surface area contributed by atoms with Gasteiger partial charge >= 0.3 is 0 Å². The van der Waals surface area contributed by atoms with Crippen LogP contribution in [0.15, 0.2) is 220 Å². The molecule has 8 rings (SSSR count). The number of benzene rings is 4. The highest BCUT2D eigenvalue weighted by atomic mass is 16.5. The van der Waals surface area contributed by atoms with Crippen molar-refractivity contribution in [3.05, 3.63) is 221 Å². The lowest BCUT2D eigenvalue weighted by molar-refractivity contribution is 0.455. The Bertz CT molecular complexity index is 2660. The van der Waals surface area contributed by atoms with Crippen LogP contribution < -0.4 is 14.5 Å². The molecule has 2 atom stereocenters. The van der Waals surface area contributed by atoms with Crippen LogP contribution in [0, 0.1) is 11.8 Å². The van der Waals surface area contributed by atoms with Gasteiger partial charge in [-0.3, -0.25) is 9.98 Å². The van der Waals surface area contributed by atoms with E-state index in [1.807, 2.05) is 71.9 Å². The van der Waals surface area contributed by atoms with Crippen LogP contribution >= 0.6 is 0 Å². The van der Waals surface area contributed by atoms with Crippen molar-refractivity contribution in [3.63, 3.8) is 0 Å². The summed E-state index contributed by atoms with van der Waals surface area (Å²) in [4.78, 5) is 14.2. The van der Waals surface area contributed by atoms with Crippen molar-refractivity contribution in [2.24, 2.45) is 21.8 Å². The minimum atomic E-state index is 0.302. The molecule has 4 aromatic rings. The molecule has 0 amide bonds. The van der Waals surface area contributed by atoms with Crippen LogP contribution in [-0.4, -0.2) is 12.4 Å². The number of nitrogens with zero attached hydrogens (tertiary/aromatic N) is 4. The first-order valence-corrected chi connectivity index (χ1v) is 23.4. The van der Waals surface area contributed by atoms with E-state index in [9.17, 15) is 0 Å². The molecular weight excluding hydrogens is 793 g/mol. The fourth-order valence-electron chi connectivity index (χ4n) is 9.17. The zero-order valence-electron chi connectivity index (χ0n) is 39.8. The average Bonchev–Trinajstić information content (AvgIpc) is 3.65. The summed E-state index contributed by atoms with van der Waals surface area (Å²) in [6.45, 7) is 29.0. The molecular formula is C60H66N4O. The maximum absolute atomic E-state index is 6.65. The first-order chi connectivity index (χ1) is 31.9. The fourth-order valence-corrected chi connectivity index (χ4v) is 9.17. The molecule has 2 unspecified atom stereocenters. The molecule has 332 valence electrons. The molecule has 5 heteroatoms. The van der Waals surface area contributed by atoms with E-state index in [4.69, 9.17) is 9.73 Å². The van der Waals surface area contributed by atoms with E-state index in [0.717, 1.165) is 87.2 Å². The first-order valence-electron chi connectivity index (χ1n) is 23.4. The second-order valence-corrected chi connectivity index (χ2v) is 15.6. The van der Waals surface area contributed by atoms with Gasteiger partial charge in [-0.15, -0.1) is 0 Å². The molecule has 0 saturated heterocycles. The predicted molar refractivity (Wildman–Crippen MR) is 282 cm³/mol. The lowest BCUT2D eigenvalue weighted by Crippen LogP contribution is -2.26. The van der Waals surface area contributed by atoms with Gasteiger partial charge in [-0.05, 0) is 153 Å². The summed E-state index contributed by atoms with van der Waals surface area (Å²) >= 11 is 0. The third kappa shape index (κ3) is 9.76. The van der Waals surface area contributed by atoms with Gasteiger partial charge in [0.1, 0.15) is 0 Å². The van der Waals surface area contributed by atoms with Crippen LogP contribution in [0.5, 0.6) is 11.5 Å². The Morgan fingerprint density at radius 3 is 2.20 bits per heavy atom. The molecule has 0 fully saturated rings. The van der Waals surface area contributed by atoms with Crippen LogP contribution in [0.3, 0.4) is 0 Å². The fraction of sp³-hybridized carbons (Fsp3) is 0.233. The minimum absolute atomic E-state index is 0.302. The Morgan fingerprint density at radius 1 is 0.815 bits per heavy atom. The van der Waals surface area contributed by atoms with E-state index in [1.165, 1.54) is 28.1 Å². The van der Waals surface area contributed by atoms with Crippen LogP contribution in [0.2, 0.25) is 0 Å². The number of rotatable bonds is 13. The second kappa shape index (κ2) is 22.6. The monoisotopic (exact) mass is 859 g/mol.